The van der Waals surface area contributed by atoms with Crippen molar-refractivity contribution in [3.05, 3.63) is 53.7 Å². The van der Waals surface area contributed by atoms with Crippen molar-refractivity contribution in [2.75, 3.05) is 12.4 Å². The zero-order chi connectivity index (χ0) is 22.2. The Hall–Kier alpha value is -2.62. The zero-order valence-electron chi connectivity index (χ0n) is 16.5. The molecule has 4 N–H and O–H groups in total. The van der Waals surface area contributed by atoms with Gasteiger partial charge in [0.25, 0.3) is 0 Å². The molecule has 168 valence electrons. The SMILES string of the molecule is COc1c(F)cccc1Nc1c2[nH]c3c1C(=O)NC(C3)[I-]C(=O)N[I-]Oc1cnccc1-2. The number of nitrogens with zero attached hydrogens (tertiary/aromatic N) is 1. The summed E-state index contributed by atoms with van der Waals surface area (Å²) in [5, 5.41) is 6.15. The number of para-hydroxylation sites is 1. The van der Waals surface area contributed by atoms with E-state index in [4.69, 9.17) is 7.80 Å². The number of hydrogen-bond acceptors (Lipinski definition) is 6. The molecule has 5 rings (SSSR count). The van der Waals surface area contributed by atoms with Gasteiger partial charge in [-0.15, -0.1) is 0 Å². The summed E-state index contributed by atoms with van der Waals surface area (Å²) in [6.45, 7) is 0. The molecule has 12 heteroatoms. The Morgan fingerprint density at radius 3 is 3.03 bits per heavy atom. The Labute approximate surface area is 203 Å². The number of anilines is 2. The molecular weight excluding hydrogens is 647 g/mol. The topological polar surface area (TPSA) is 117 Å². The molecule has 1 unspecified atom stereocenters. The number of rotatable bonds is 3. The number of fused-ring (bicyclic) bond motifs is 4. The van der Waals surface area contributed by atoms with Crippen molar-refractivity contribution in [2.24, 2.45) is 0 Å². The first-order chi connectivity index (χ1) is 15.5. The van der Waals surface area contributed by atoms with Crippen LogP contribution in [0.5, 0.6) is 11.5 Å². The van der Waals surface area contributed by atoms with Crippen molar-refractivity contribution in [3.8, 4) is 22.8 Å². The van der Waals surface area contributed by atoms with Crippen LogP contribution in [0.25, 0.3) is 11.3 Å². The predicted molar refractivity (Wildman–Crippen MR) is 104 cm³/mol. The number of halogens is 3. The Balaban J connectivity index is 1.71. The third-order valence-electron chi connectivity index (χ3n) is 4.93. The van der Waals surface area contributed by atoms with Crippen LogP contribution in [0.1, 0.15) is 16.1 Å². The molecule has 3 bridgehead atoms. The van der Waals surface area contributed by atoms with Gasteiger partial charge in [-0.25, -0.2) is 0 Å². The van der Waals surface area contributed by atoms with Crippen LogP contribution >= 0.6 is 0 Å². The maximum atomic E-state index is 14.3. The van der Waals surface area contributed by atoms with Gasteiger partial charge in [0.1, 0.15) is 0 Å². The number of pyridine rings is 1. The van der Waals surface area contributed by atoms with Gasteiger partial charge in [-0.2, -0.15) is 0 Å². The van der Waals surface area contributed by atoms with Crippen LogP contribution in [0.2, 0.25) is 0 Å². The van der Waals surface area contributed by atoms with Crippen LogP contribution in [-0.2, 0) is 6.42 Å². The summed E-state index contributed by atoms with van der Waals surface area (Å²) in [6, 6.07) is 6.30. The molecule has 0 saturated heterocycles. The Morgan fingerprint density at radius 2 is 2.19 bits per heavy atom. The number of hydrogen-bond donors (Lipinski definition) is 4. The number of methoxy groups -OCH3 is 1. The fourth-order valence-corrected chi connectivity index (χ4v) is 7.74. The molecule has 2 aliphatic heterocycles. The molecule has 4 heterocycles. The number of carbonyl (C=O) groups excluding carboxylic acids is 2. The Kier molecular flexibility index (Phi) is 5.79. The van der Waals surface area contributed by atoms with Crippen LogP contribution in [0, 0.1) is 5.82 Å². The second-order valence-electron chi connectivity index (χ2n) is 6.82. The third kappa shape index (κ3) is 3.85. The molecule has 32 heavy (non-hydrogen) atoms. The second kappa shape index (κ2) is 8.73. The van der Waals surface area contributed by atoms with Gasteiger partial charge in [0.05, 0.1) is 0 Å². The van der Waals surface area contributed by atoms with Gasteiger partial charge >= 0.3 is 204 Å². The summed E-state index contributed by atoms with van der Waals surface area (Å²) in [6.07, 6.45) is 3.68. The van der Waals surface area contributed by atoms with Crippen molar-refractivity contribution in [2.45, 2.75) is 10.5 Å². The molecule has 2 aliphatic rings. The first kappa shape index (κ1) is 21.2. The summed E-state index contributed by atoms with van der Waals surface area (Å²) in [4.78, 5) is 32.9. The summed E-state index contributed by atoms with van der Waals surface area (Å²) in [5.41, 5.74) is 3.26. The summed E-state index contributed by atoms with van der Waals surface area (Å²) >= 11 is -2.09. The number of nitrogens with one attached hydrogen (secondary N) is 4. The second-order valence-corrected chi connectivity index (χ2v) is 11.3. The molecule has 3 aromatic rings. The molecule has 0 fully saturated rings. The predicted octanol–water partition coefficient (Wildman–Crippen LogP) is -3.31. The average Bonchev–Trinajstić information content (AvgIpc) is 3.12. The van der Waals surface area contributed by atoms with Gasteiger partial charge in [0.15, 0.2) is 0 Å². The monoisotopic (exact) mass is 663 g/mol. The number of H-pyrrole nitrogens is 1. The van der Waals surface area contributed by atoms with E-state index in [2.05, 4.69) is 24.1 Å². The summed E-state index contributed by atoms with van der Waals surface area (Å²) < 4.78 is 28.0. The number of ether oxygens (including phenoxy) is 1. The number of aromatic amines is 1. The first-order valence-electron chi connectivity index (χ1n) is 9.39. The van der Waals surface area contributed by atoms with Crippen LogP contribution in [0.4, 0.5) is 20.6 Å². The first-order valence-corrected chi connectivity index (χ1v) is 13.7. The van der Waals surface area contributed by atoms with E-state index in [1.54, 1.807) is 30.6 Å². The van der Waals surface area contributed by atoms with Crippen molar-refractivity contribution >= 4 is 21.2 Å². The van der Waals surface area contributed by atoms with Crippen molar-refractivity contribution in [1.29, 1.82) is 0 Å². The van der Waals surface area contributed by atoms with Crippen LogP contribution in [0.3, 0.4) is 0 Å². The number of alkyl halides is 1. The average molecular weight is 663 g/mol. The third-order valence-corrected chi connectivity index (χ3v) is 9.70. The van der Waals surface area contributed by atoms with Crippen molar-refractivity contribution in [1.82, 2.24) is 18.8 Å². The van der Waals surface area contributed by atoms with Crippen LogP contribution in [0.15, 0.2) is 36.7 Å². The van der Waals surface area contributed by atoms with E-state index in [1.165, 1.54) is 13.2 Å². The van der Waals surface area contributed by atoms with E-state index in [1.807, 2.05) is 0 Å². The van der Waals surface area contributed by atoms with E-state index in [0.717, 1.165) is 0 Å². The maximum absolute atomic E-state index is 14.3. The standard InChI is InChI=1S/C20H16FI2N5O4/c1-31-18-10(21)3-2-4-11(18)25-17-15-12-7-14(27-19(15)29)22-20(30)28-23-32-13-8-24-6-5-9(13)16(17)26-12/h2-6,8,14,25-26H,7H2,1H3,(H,27,29)(H,28,30)/q-2. The molecule has 2 amide bonds. The van der Waals surface area contributed by atoms with Gasteiger partial charge in [-0.1, -0.05) is 0 Å². The molecular formula is C20H16FI2N5O4-2. The summed E-state index contributed by atoms with van der Waals surface area (Å²) in [5.74, 6) is -0.303. The minimum atomic E-state index is -1.10. The van der Waals surface area contributed by atoms with E-state index >= 15 is 0 Å². The molecule has 0 spiro atoms. The fraction of sp³-hybridized carbons (Fsp3) is 0.150. The Bertz CT molecular complexity index is 1230. The Morgan fingerprint density at radius 1 is 1.31 bits per heavy atom. The normalized spacial score (nSPS) is 17.8. The van der Waals surface area contributed by atoms with Gasteiger partial charge < -0.3 is 0 Å². The number of amides is 2. The molecule has 0 aliphatic carbocycles. The van der Waals surface area contributed by atoms with E-state index in [-0.39, 0.29) is 19.6 Å². The molecule has 2 aromatic heterocycles. The van der Waals surface area contributed by atoms with E-state index in [9.17, 15) is 14.0 Å². The van der Waals surface area contributed by atoms with Crippen LogP contribution in [-0.4, -0.2) is 30.9 Å². The molecule has 1 aromatic carbocycles. The van der Waals surface area contributed by atoms with Crippen molar-refractivity contribution in [3.63, 3.8) is 0 Å². The van der Waals surface area contributed by atoms with Gasteiger partial charge in [0, 0.05) is 0 Å². The minimum absolute atomic E-state index is 0.0399. The van der Waals surface area contributed by atoms with Gasteiger partial charge in [-0.05, 0) is 0 Å². The fourth-order valence-electron chi connectivity index (χ4n) is 3.62. The number of benzene rings is 1. The quantitative estimate of drug-likeness (QED) is 0.0768. The molecule has 1 atom stereocenters. The van der Waals surface area contributed by atoms with E-state index < -0.39 is 48.9 Å². The summed E-state index contributed by atoms with van der Waals surface area (Å²) in [7, 11) is 1.38. The van der Waals surface area contributed by atoms with Gasteiger partial charge in [0.2, 0.25) is 0 Å². The molecule has 0 saturated carbocycles. The van der Waals surface area contributed by atoms with Crippen LogP contribution < -0.4 is 65.1 Å². The molecule has 0 radical (unpaired) electrons. The number of carbonyl (C=O) groups is 2. The number of aromatic nitrogens is 2. The van der Waals surface area contributed by atoms with Crippen molar-refractivity contribution < 1.29 is 64.9 Å². The van der Waals surface area contributed by atoms with Gasteiger partial charge in [-0.3, -0.25) is 0 Å². The zero-order valence-corrected chi connectivity index (χ0v) is 20.8. The van der Waals surface area contributed by atoms with E-state index in [0.29, 0.717) is 46.1 Å². The molecule has 9 nitrogen and oxygen atoms in total.